The number of hydrogen-bond acceptors (Lipinski definition) is 5. The molecule has 0 saturated carbocycles. The number of carbonyl (C=O) groups is 1. The molecule has 0 spiro atoms. The summed E-state index contributed by atoms with van der Waals surface area (Å²) in [5.41, 5.74) is 1.34. The average Bonchev–Trinajstić information content (AvgIpc) is 2.99. The summed E-state index contributed by atoms with van der Waals surface area (Å²) in [5, 5.41) is 6.48. The van der Waals surface area contributed by atoms with Crippen LogP contribution in [0.25, 0.3) is 0 Å². The van der Waals surface area contributed by atoms with Crippen molar-refractivity contribution in [2.75, 3.05) is 36.4 Å². The standard InChI is InChI=1S/C17H21FN4O2/c1-12-11-16(24-20-12)19-17(23)13(2)21-7-9-22(10-8-21)15-6-4-3-5-14(15)18/h3-6,11,13H,7-10H2,1-2H3,(H,19,23)/t13-/m1/s1. The van der Waals surface area contributed by atoms with Crippen molar-refractivity contribution in [2.24, 2.45) is 0 Å². The van der Waals surface area contributed by atoms with Crippen molar-refractivity contribution in [3.8, 4) is 0 Å². The summed E-state index contributed by atoms with van der Waals surface area (Å²) in [6.07, 6.45) is 0. The Kier molecular flexibility index (Phi) is 4.80. The van der Waals surface area contributed by atoms with E-state index in [0.29, 0.717) is 37.8 Å². The molecule has 1 fully saturated rings. The van der Waals surface area contributed by atoms with Crippen molar-refractivity contribution in [1.82, 2.24) is 10.1 Å². The molecule has 1 aromatic carbocycles. The number of benzene rings is 1. The van der Waals surface area contributed by atoms with E-state index in [4.69, 9.17) is 4.52 Å². The van der Waals surface area contributed by atoms with E-state index in [2.05, 4.69) is 15.4 Å². The minimum Gasteiger partial charge on any atom is -0.367 e. The molecule has 7 heteroatoms. The quantitative estimate of drug-likeness (QED) is 0.931. The van der Waals surface area contributed by atoms with Crippen molar-refractivity contribution < 1.29 is 13.7 Å². The number of aromatic nitrogens is 1. The van der Waals surface area contributed by atoms with Gasteiger partial charge < -0.3 is 9.42 Å². The molecule has 0 bridgehead atoms. The second-order valence-corrected chi connectivity index (χ2v) is 5.97. The number of para-hydroxylation sites is 1. The van der Waals surface area contributed by atoms with Crippen LogP contribution < -0.4 is 10.2 Å². The molecule has 1 N–H and O–H groups in total. The van der Waals surface area contributed by atoms with Crippen LogP contribution in [0.3, 0.4) is 0 Å². The highest BCUT2D eigenvalue weighted by Gasteiger charge is 2.27. The monoisotopic (exact) mass is 332 g/mol. The van der Waals surface area contributed by atoms with Gasteiger partial charge in [-0.25, -0.2) is 4.39 Å². The molecular formula is C17H21FN4O2. The molecule has 128 valence electrons. The van der Waals surface area contributed by atoms with Crippen LogP contribution in [-0.4, -0.2) is 48.2 Å². The number of aryl methyl sites for hydroxylation is 1. The molecule has 6 nitrogen and oxygen atoms in total. The number of halogens is 1. The highest BCUT2D eigenvalue weighted by Crippen LogP contribution is 2.21. The maximum atomic E-state index is 13.9. The fraction of sp³-hybridized carbons (Fsp3) is 0.412. The third kappa shape index (κ3) is 3.56. The van der Waals surface area contributed by atoms with Crippen LogP contribution in [0.5, 0.6) is 0 Å². The number of nitrogens with one attached hydrogen (secondary N) is 1. The first kappa shape index (κ1) is 16.4. The molecule has 24 heavy (non-hydrogen) atoms. The Hall–Kier alpha value is -2.41. The van der Waals surface area contributed by atoms with Gasteiger partial charge in [-0.2, -0.15) is 0 Å². The molecule has 0 unspecified atom stereocenters. The normalized spacial score (nSPS) is 16.9. The lowest BCUT2D eigenvalue weighted by Crippen LogP contribution is -2.53. The summed E-state index contributed by atoms with van der Waals surface area (Å²) in [6, 6.07) is 8.16. The van der Waals surface area contributed by atoms with Gasteiger partial charge in [0, 0.05) is 32.2 Å². The fourth-order valence-electron chi connectivity index (χ4n) is 2.87. The Labute approximate surface area is 140 Å². The largest absolute Gasteiger partial charge is 0.367 e. The molecule has 3 rings (SSSR count). The first-order valence-corrected chi connectivity index (χ1v) is 8.02. The lowest BCUT2D eigenvalue weighted by atomic mass is 10.2. The van der Waals surface area contributed by atoms with Gasteiger partial charge in [-0.3, -0.25) is 15.0 Å². The van der Waals surface area contributed by atoms with Crippen LogP contribution in [0, 0.1) is 12.7 Å². The molecule has 1 aliphatic heterocycles. The van der Waals surface area contributed by atoms with E-state index in [0.717, 1.165) is 5.69 Å². The maximum Gasteiger partial charge on any atom is 0.243 e. The van der Waals surface area contributed by atoms with E-state index in [1.165, 1.54) is 6.07 Å². The average molecular weight is 332 g/mol. The maximum absolute atomic E-state index is 13.9. The minimum atomic E-state index is -0.293. The Bertz CT molecular complexity index is 710. The van der Waals surface area contributed by atoms with Gasteiger partial charge in [0.25, 0.3) is 0 Å². The van der Waals surface area contributed by atoms with Gasteiger partial charge in [0.2, 0.25) is 11.8 Å². The summed E-state index contributed by atoms with van der Waals surface area (Å²) < 4.78 is 18.9. The molecule has 1 aromatic heterocycles. The van der Waals surface area contributed by atoms with E-state index in [1.807, 2.05) is 17.9 Å². The van der Waals surface area contributed by atoms with Crippen molar-refractivity contribution in [1.29, 1.82) is 0 Å². The van der Waals surface area contributed by atoms with Gasteiger partial charge in [0.05, 0.1) is 17.4 Å². The van der Waals surface area contributed by atoms with Crippen molar-refractivity contribution >= 4 is 17.5 Å². The Morgan fingerprint density at radius 1 is 1.29 bits per heavy atom. The van der Waals surface area contributed by atoms with Crippen molar-refractivity contribution in [3.05, 3.63) is 41.8 Å². The topological polar surface area (TPSA) is 61.6 Å². The molecule has 0 aliphatic carbocycles. The summed E-state index contributed by atoms with van der Waals surface area (Å²) in [4.78, 5) is 16.4. The zero-order chi connectivity index (χ0) is 17.1. The molecule has 1 amide bonds. The number of anilines is 2. The summed E-state index contributed by atoms with van der Waals surface area (Å²) in [5.74, 6) is 0.0114. The number of amides is 1. The predicted octanol–water partition coefficient (Wildman–Crippen LogP) is 2.27. The zero-order valence-corrected chi connectivity index (χ0v) is 13.8. The molecule has 2 heterocycles. The molecule has 0 radical (unpaired) electrons. The number of hydrogen-bond donors (Lipinski definition) is 1. The predicted molar refractivity (Wildman–Crippen MR) is 89.5 cm³/mol. The molecular weight excluding hydrogens is 311 g/mol. The third-order valence-electron chi connectivity index (χ3n) is 4.31. The van der Waals surface area contributed by atoms with Gasteiger partial charge in [0.1, 0.15) is 5.82 Å². The third-order valence-corrected chi connectivity index (χ3v) is 4.31. The second-order valence-electron chi connectivity index (χ2n) is 5.97. The van der Waals surface area contributed by atoms with Crippen molar-refractivity contribution in [3.63, 3.8) is 0 Å². The van der Waals surface area contributed by atoms with Gasteiger partial charge in [-0.1, -0.05) is 17.3 Å². The number of nitrogens with zero attached hydrogens (tertiary/aromatic N) is 3. The van der Waals surface area contributed by atoms with E-state index in [9.17, 15) is 9.18 Å². The summed E-state index contributed by atoms with van der Waals surface area (Å²) in [7, 11) is 0. The van der Waals surface area contributed by atoms with Crippen LogP contribution in [0.1, 0.15) is 12.6 Å². The highest BCUT2D eigenvalue weighted by molar-refractivity contribution is 5.93. The highest BCUT2D eigenvalue weighted by atomic mass is 19.1. The van der Waals surface area contributed by atoms with Gasteiger partial charge in [-0.05, 0) is 26.0 Å². The van der Waals surface area contributed by atoms with Gasteiger partial charge in [0.15, 0.2) is 0 Å². The first-order chi connectivity index (χ1) is 11.5. The Morgan fingerprint density at radius 2 is 2.00 bits per heavy atom. The van der Waals surface area contributed by atoms with Crippen molar-refractivity contribution in [2.45, 2.75) is 19.9 Å². The fourth-order valence-corrected chi connectivity index (χ4v) is 2.87. The smallest absolute Gasteiger partial charge is 0.243 e. The molecule has 1 aliphatic rings. The Morgan fingerprint density at radius 3 is 2.62 bits per heavy atom. The van der Waals surface area contributed by atoms with Crippen LogP contribution >= 0.6 is 0 Å². The van der Waals surface area contributed by atoms with E-state index in [-0.39, 0.29) is 17.8 Å². The van der Waals surface area contributed by atoms with Gasteiger partial charge in [-0.15, -0.1) is 0 Å². The first-order valence-electron chi connectivity index (χ1n) is 8.02. The van der Waals surface area contributed by atoms with Crippen LogP contribution in [-0.2, 0) is 4.79 Å². The van der Waals surface area contributed by atoms with Crippen LogP contribution in [0.15, 0.2) is 34.9 Å². The molecule has 1 atom stereocenters. The number of carbonyl (C=O) groups excluding carboxylic acids is 1. The minimum absolute atomic E-state index is 0.134. The number of piperazine rings is 1. The summed E-state index contributed by atoms with van der Waals surface area (Å²) >= 11 is 0. The Balaban J connectivity index is 1.56. The van der Waals surface area contributed by atoms with E-state index in [1.54, 1.807) is 25.1 Å². The van der Waals surface area contributed by atoms with Gasteiger partial charge >= 0.3 is 0 Å². The zero-order valence-electron chi connectivity index (χ0n) is 13.8. The van der Waals surface area contributed by atoms with Crippen LogP contribution in [0.2, 0.25) is 0 Å². The number of rotatable bonds is 4. The summed E-state index contributed by atoms with van der Waals surface area (Å²) in [6.45, 7) is 6.40. The lowest BCUT2D eigenvalue weighted by molar-refractivity contribution is -0.121. The lowest BCUT2D eigenvalue weighted by Gasteiger charge is -2.38. The van der Waals surface area contributed by atoms with Crippen LogP contribution in [0.4, 0.5) is 16.0 Å². The van der Waals surface area contributed by atoms with E-state index >= 15 is 0 Å². The molecule has 1 saturated heterocycles. The SMILES string of the molecule is Cc1cc(NC(=O)[C@@H](C)N2CCN(c3ccccc3F)CC2)on1. The second kappa shape index (κ2) is 7.00. The van der Waals surface area contributed by atoms with E-state index < -0.39 is 0 Å². The molecule has 2 aromatic rings.